The summed E-state index contributed by atoms with van der Waals surface area (Å²) in [5.74, 6) is -0.956. The fraction of sp³-hybridized carbons (Fsp3) is 0.259. The zero-order chi connectivity index (χ0) is 28.0. The summed E-state index contributed by atoms with van der Waals surface area (Å²) in [5.41, 5.74) is 1.50. The molecule has 0 heterocycles. The normalized spacial score (nSPS) is 12.1. The van der Waals surface area contributed by atoms with Crippen molar-refractivity contribution in [3.8, 4) is 0 Å². The Balaban J connectivity index is 2.10. The molecule has 202 valence electrons. The van der Waals surface area contributed by atoms with E-state index in [9.17, 15) is 18.0 Å². The predicted molar refractivity (Wildman–Crippen MR) is 152 cm³/mol. The van der Waals surface area contributed by atoms with Crippen LogP contribution in [-0.4, -0.2) is 44.8 Å². The molecule has 0 aromatic heterocycles. The fourth-order valence-electron chi connectivity index (χ4n) is 4.01. The van der Waals surface area contributed by atoms with Gasteiger partial charge in [-0.25, -0.2) is 8.42 Å². The number of rotatable bonds is 10. The SMILES string of the molecule is CCC(C(=O)NC)N(Cc1ccc(Cl)c(Cl)c1)C(=O)CN(c1cc(Cl)ccc1C)S(=O)(=O)c1ccccc1. The monoisotopic (exact) mass is 595 g/mol. The number of sulfonamides is 1. The molecule has 1 unspecified atom stereocenters. The molecule has 0 saturated heterocycles. The van der Waals surface area contributed by atoms with Crippen molar-refractivity contribution >= 4 is 62.3 Å². The van der Waals surface area contributed by atoms with E-state index in [0.717, 1.165) is 4.31 Å². The van der Waals surface area contributed by atoms with Crippen LogP contribution in [0.25, 0.3) is 0 Å². The van der Waals surface area contributed by atoms with E-state index in [0.29, 0.717) is 32.6 Å². The molecule has 0 radical (unpaired) electrons. The number of amides is 2. The number of anilines is 1. The van der Waals surface area contributed by atoms with E-state index in [2.05, 4.69) is 5.32 Å². The van der Waals surface area contributed by atoms with E-state index in [1.54, 1.807) is 62.4 Å². The van der Waals surface area contributed by atoms with Crippen LogP contribution in [0.2, 0.25) is 15.1 Å². The van der Waals surface area contributed by atoms with E-state index in [-0.39, 0.29) is 23.0 Å². The van der Waals surface area contributed by atoms with E-state index in [1.165, 1.54) is 30.1 Å². The maximum absolute atomic E-state index is 13.9. The molecule has 2 amide bonds. The summed E-state index contributed by atoms with van der Waals surface area (Å²) >= 11 is 18.5. The Labute approximate surface area is 238 Å². The maximum atomic E-state index is 13.9. The predicted octanol–water partition coefficient (Wildman–Crippen LogP) is 5.70. The van der Waals surface area contributed by atoms with E-state index < -0.39 is 28.5 Å². The van der Waals surface area contributed by atoms with Crippen molar-refractivity contribution in [2.24, 2.45) is 0 Å². The van der Waals surface area contributed by atoms with Gasteiger partial charge in [0, 0.05) is 18.6 Å². The van der Waals surface area contributed by atoms with E-state index in [1.807, 2.05) is 0 Å². The molecule has 0 saturated carbocycles. The third kappa shape index (κ3) is 6.80. The number of carbonyl (C=O) groups is 2. The number of nitrogens with one attached hydrogen (secondary N) is 1. The van der Waals surface area contributed by atoms with Gasteiger partial charge in [-0.15, -0.1) is 0 Å². The van der Waals surface area contributed by atoms with Crippen molar-refractivity contribution in [1.29, 1.82) is 0 Å². The third-order valence-electron chi connectivity index (χ3n) is 6.02. The number of benzene rings is 3. The fourth-order valence-corrected chi connectivity index (χ4v) is 5.98. The van der Waals surface area contributed by atoms with Crippen LogP contribution in [0.1, 0.15) is 24.5 Å². The number of nitrogens with zero attached hydrogens (tertiary/aromatic N) is 2. The van der Waals surface area contributed by atoms with Gasteiger partial charge in [-0.2, -0.15) is 0 Å². The number of carbonyl (C=O) groups excluding carboxylic acids is 2. The average molecular weight is 597 g/mol. The summed E-state index contributed by atoms with van der Waals surface area (Å²) in [5, 5.41) is 3.55. The van der Waals surface area contributed by atoms with Crippen LogP contribution in [0.3, 0.4) is 0 Å². The molecule has 3 aromatic carbocycles. The number of hydrogen-bond donors (Lipinski definition) is 1. The lowest BCUT2D eigenvalue weighted by Gasteiger charge is -2.33. The van der Waals surface area contributed by atoms with Crippen molar-refractivity contribution in [2.75, 3.05) is 17.9 Å². The first kappa shape index (κ1) is 29.8. The molecule has 1 N–H and O–H groups in total. The largest absolute Gasteiger partial charge is 0.357 e. The van der Waals surface area contributed by atoms with Gasteiger partial charge in [0.05, 0.1) is 20.6 Å². The van der Waals surface area contributed by atoms with Crippen LogP contribution in [0, 0.1) is 6.92 Å². The minimum atomic E-state index is -4.18. The molecule has 7 nitrogen and oxygen atoms in total. The van der Waals surface area contributed by atoms with Crippen molar-refractivity contribution in [3.05, 3.63) is 92.9 Å². The Morgan fingerprint density at radius 3 is 2.24 bits per heavy atom. The molecule has 38 heavy (non-hydrogen) atoms. The highest BCUT2D eigenvalue weighted by molar-refractivity contribution is 7.92. The minimum absolute atomic E-state index is 0.00933. The molecule has 0 aliphatic carbocycles. The summed E-state index contributed by atoms with van der Waals surface area (Å²) < 4.78 is 28.7. The van der Waals surface area contributed by atoms with Crippen molar-refractivity contribution in [3.63, 3.8) is 0 Å². The summed E-state index contributed by atoms with van der Waals surface area (Å²) in [7, 11) is -2.70. The lowest BCUT2D eigenvalue weighted by molar-refractivity contribution is -0.140. The number of hydrogen-bond acceptors (Lipinski definition) is 4. The Morgan fingerprint density at radius 2 is 1.63 bits per heavy atom. The van der Waals surface area contributed by atoms with Gasteiger partial charge >= 0.3 is 0 Å². The second-order valence-electron chi connectivity index (χ2n) is 8.56. The van der Waals surface area contributed by atoms with Gasteiger partial charge < -0.3 is 10.2 Å². The van der Waals surface area contributed by atoms with Crippen LogP contribution in [0.4, 0.5) is 5.69 Å². The topological polar surface area (TPSA) is 86.8 Å². The van der Waals surface area contributed by atoms with Crippen LogP contribution in [0.5, 0.6) is 0 Å². The summed E-state index contributed by atoms with van der Waals surface area (Å²) in [6.07, 6.45) is 0.300. The maximum Gasteiger partial charge on any atom is 0.264 e. The van der Waals surface area contributed by atoms with Crippen LogP contribution < -0.4 is 9.62 Å². The van der Waals surface area contributed by atoms with E-state index >= 15 is 0 Å². The second kappa shape index (κ2) is 12.8. The smallest absolute Gasteiger partial charge is 0.264 e. The van der Waals surface area contributed by atoms with Gasteiger partial charge in [-0.3, -0.25) is 13.9 Å². The first-order valence-electron chi connectivity index (χ1n) is 11.8. The van der Waals surface area contributed by atoms with Crippen molar-refractivity contribution in [1.82, 2.24) is 10.2 Å². The third-order valence-corrected chi connectivity index (χ3v) is 8.77. The van der Waals surface area contributed by atoms with E-state index in [4.69, 9.17) is 34.8 Å². The molecular weight excluding hydrogens is 569 g/mol. The summed E-state index contributed by atoms with van der Waals surface area (Å²) in [6.45, 7) is 2.95. The summed E-state index contributed by atoms with van der Waals surface area (Å²) in [6, 6.07) is 16.7. The Kier molecular flexibility index (Phi) is 10.1. The highest BCUT2D eigenvalue weighted by atomic mass is 35.5. The van der Waals surface area contributed by atoms with Crippen molar-refractivity contribution < 1.29 is 18.0 Å². The Morgan fingerprint density at radius 1 is 0.947 bits per heavy atom. The number of aryl methyl sites for hydroxylation is 1. The number of halogens is 3. The second-order valence-corrected chi connectivity index (χ2v) is 11.7. The first-order valence-corrected chi connectivity index (χ1v) is 14.4. The molecule has 3 aromatic rings. The minimum Gasteiger partial charge on any atom is -0.357 e. The molecule has 0 bridgehead atoms. The number of likely N-dealkylation sites (N-methyl/N-ethyl adjacent to an activating group) is 1. The molecule has 0 fully saturated rings. The Hall–Kier alpha value is -2.78. The van der Waals surface area contributed by atoms with Gasteiger partial charge in [-0.1, -0.05) is 72.1 Å². The molecule has 3 rings (SSSR count). The van der Waals surface area contributed by atoms with Crippen LogP contribution in [0.15, 0.2) is 71.6 Å². The molecule has 0 aliphatic heterocycles. The van der Waals surface area contributed by atoms with Crippen molar-refractivity contribution in [2.45, 2.75) is 37.8 Å². The van der Waals surface area contributed by atoms with Gasteiger partial charge in [0.2, 0.25) is 11.8 Å². The van der Waals surface area contributed by atoms with Gasteiger partial charge in [0.25, 0.3) is 10.0 Å². The van der Waals surface area contributed by atoms with Crippen LogP contribution >= 0.6 is 34.8 Å². The average Bonchev–Trinajstić information content (AvgIpc) is 2.90. The quantitative estimate of drug-likeness (QED) is 0.325. The zero-order valence-electron chi connectivity index (χ0n) is 21.1. The molecule has 0 spiro atoms. The zero-order valence-corrected chi connectivity index (χ0v) is 24.2. The highest BCUT2D eigenvalue weighted by Crippen LogP contribution is 2.30. The Bertz CT molecular complexity index is 1420. The molecular formula is C27H28Cl3N3O4S. The van der Waals surface area contributed by atoms with Gasteiger partial charge in [0.1, 0.15) is 12.6 Å². The molecule has 0 aliphatic rings. The molecule has 11 heteroatoms. The summed E-state index contributed by atoms with van der Waals surface area (Å²) in [4.78, 5) is 28.1. The lowest BCUT2D eigenvalue weighted by Crippen LogP contribution is -2.51. The van der Waals surface area contributed by atoms with Crippen LogP contribution in [-0.2, 0) is 26.2 Å². The standard InChI is InChI=1S/C27H28Cl3N3O4S/c1-4-24(27(35)31-3)32(16-19-11-13-22(29)23(30)14-19)26(34)17-33(25-15-20(28)12-10-18(25)2)38(36,37)21-8-6-5-7-9-21/h5-15,24H,4,16-17H2,1-3H3,(H,31,35). The highest BCUT2D eigenvalue weighted by Gasteiger charge is 2.34. The lowest BCUT2D eigenvalue weighted by atomic mass is 10.1. The van der Waals surface area contributed by atoms with Gasteiger partial charge in [-0.05, 0) is 60.9 Å². The van der Waals surface area contributed by atoms with Gasteiger partial charge in [0.15, 0.2) is 0 Å². The molecule has 1 atom stereocenters. The first-order chi connectivity index (χ1) is 18.0.